The first kappa shape index (κ1) is 16.8. The first-order valence-corrected chi connectivity index (χ1v) is 9.45. The average Bonchev–Trinajstić information content (AvgIpc) is 3.39. The third-order valence-electron chi connectivity index (χ3n) is 4.66. The van der Waals surface area contributed by atoms with E-state index in [0.717, 1.165) is 40.1 Å². The van der Waals surface area contributed by atoms with Crippen molar-refractivity contribution in [2.24, 2.45) is 0 Å². The van der Waals surface area contributed by atoms with E-state index in [1.165, 1.54) is 18.3 Å². The predicted octanol–water partition coefficient (Wildman–Crippen LogP) is 4.64. The number of benzene rings is 1. The second-order valence-corrected chi connectivity index (χ2v) is 7.77. The maximum atomic E-state index is 12.8. The van der Waals surface area contributed by atoms with E-state index in [2.05, 4.69) is 15.3 Å². The Bertz CT molecular complexity index is 1050. The van der Waals surface area contributed by atoms with Gasteiger partial charge in [0, 0.05) is 22.6 Å². The van der Waals surface area contributed by atoms with Crippen molar-refractivity contribution in [3.05, 3.63) is 51.8 Å². The van der Waals surface area contributed by atoms with E-state index in [1.807, 2.05) is 13.8 Å². The van der Waals surface area contributed by atoms with Crippen LogP contribution in [0.25, 0.3) is 10.2 Å². The molecule has 26 heavy (non-hydrogen) atoms. The summed E-state index contributed by atoms with van der Waals surface area (Å²) in [5.41, 5.74) is 3.03. The van der Waals surface area contributed by atoms with Crippen LogP contribution in [0.5, 0.6) is 0 Å². The summed E-state index contributed by atoms with van der Waals surface area (Å²) in [5, 5.41) is 3.87. The van der Waals surface area contributed by atoms with Crippen LogP contribution in [0, 0.1) is 13.8 Å². The summed E-state index contributed by atoms with van der Waals surface area (Å²) in [6.07, 6.45) is 2.30. The Kier molecular flexibility index (Phi) is 4.07. The van der Waals surface area contributed by atoms with Crippen molar-refractivity contribution in [1.29, 1.82) is 0 Å². The summed E-state index contributed by atoms with van der Waals surface area (Å²) in [5.74, 6) is 1.17. The SMILES string of the molecule is CC(=O)c1cccc(NC(=O)c2sc3nc(C4CC4)nc(C)c3c2C)c1. The van der Waals surface area contributed by atoms with Crippen LogP contribution in [-0.4, -0.2) is 21.7 Å². The topological polar surface area (TPSA) is 72.0 Å². The third-order valence-corrected chi connectivity index (χ3v) is 5.85. The number of ketones is 1. The molecular formula is C20H19N3O2S. The lowest BCUT2D eigenvalue weighted by Gasteiger charge is -2.06. The third kappa shape index (κ3) is 3.01. The second-order valence-electron chi connectivity index (χ2n) is 6.77. The van der Waals surface area contributed by atoms with E-state index in [9.17, 15) is 9.59 Å². The highest BCUT2D eigenvalue weighted by Gasteiger charge is 2.28. The number of thiophene rings is 1. The fraction of sp³-hybridized carbons (Fsp3) is 0.300. The second kappa shape index (κ2) is 6.29. The number of Topliss-reactive ketones (excluding diaryl/α,β-unsaturated/α-hetero) is 1. The number of carbonyl (C=O) groups is 2. The largest absolute Gasteiger partial charge is 0.321 e. The molecule has 1 amide bonds. The first-order valence-electron chi connectivity index (χ1n) is 8.64. The number of nitrogens with one attached hydrogen (secondary N) is 1. The number of fused-ring (bicyclic) bond motifs is 1. The fourth-order valence-electron chi connectivity index (χ4n) is 3.10. The Balaban J connectivity index is 1.68. The number of amides is 1. The highest BCUT2D eigenvalue weighted by atomic mass is 32.1. The van der Waals surface area contributed by atoms with Gasteiger partial charge in [-0.1, -0.05) is 12.1 Å². The van der Waals surface area contributed by atoms with Gasteiger partial charge in [0.2, 0.25) is 0 Å². The van der Waals surface area contributed by atoms with E-state index in [0.29, 0.717) is 22.0 Å². The van der Waals surface area contributed by atoms with Crippen molar-refractivity contribution in [3.63, 3.8) is 0 Å². The van der Waals surface area contributed by atoms with Gasteiger partial charge in [-0.3, -0.25) is 9.59 Å². The Morgan fingerprint density at radius 2 is 1.96 bits per heavy atom. The summed E-state index contributed by atoms with van der Waals surface area (Å²) >= 11 is 1.41. The summed E-state index contributed by atoms with van der Waals surface area (Å²) in [6.45, 7) is 5.43. The van der Waals surface area contributed by atoms with Crippen LogP contribution >= 0.6 is 11.3 Å². The quantitative estimate of drug-likeness (QED) is 0.684. The van der Waals surface area contributed by atoms with Gasteiger partial charge in [0.15, 0.2) is 5.78 Å². The van der Waals surface area contributed by atoms with Crippen molar-refractivity contribution in [1.82, 2.24) is 9.97 Å². The maximum absolute atomic E-state index is 12.8. The van der Waals surface area contributed by atoms with E-state index in [-0.39, 0.29) is 11.7 Å². The number of rotatable bonds is 4. The summed E-state index contributed by atoms with van der Waals surface area (Å²) in [7, 11) is 0. The molecule has 3 aromatic rings. The zero-order chi connectivity index (χ0) is 18.4. The average molecular weight is 365 g/mol. The van der Waals surface area contributed by atoms with Gasteiger partial charge >= 0.3 is 0 Å². The minimum atomic E-state index is -0.182. The highest BCUT2D eigenvalue weighted by Crippen LogP contribution is 2.40. The molecule has 1 saturated carbocycles. The Morgan fingerprint density at radius 3 is 2.65 bits per heavy atom. The first-order chi connectivity index (χ1) is 12.4. The van der Waals surface area contributed by atoms with Gasteiger partial charge in [-0.25, -0.2) is 9.97 Å². The molecule has 2 heterocycles. The Labute approximate surface area is 155 Å². The molecule has 0 radical (unpaired) electrons. The minimum Gasteiger partial charge on any atom is -0.321 e. The smallest absolute Gasteiger partial charge is 0.266 e. The van der Waals surface area contributed by atoms with Crippen molar-refractivity contribution in [2.45, 2.75) is 39.5 Å². The van der Waals surface area contributed by atoms with E-state index in [1.54, 1.807) is 24.3 Å². The molecule has 132 valence electrons. The molecule has 0 saturated heterocycles. The van der Waals surface area contributed by atoms with Crippen LogP contribution in [0.2, 0.25) is 0 Å². The molecule has 1 N–H and O–H groups in total. The van der Waals surface area contributed by atoms with Gasteiger partial charge in [0.25, 0.3) is 5.91 Å². The monoisotopic (exact) mass is 365 g/mol. The number of anilines is 1. The van der Waals surface area contributed by atoms with Gasteiger partial charge < -0.3 is 5.32 Å². The van der Waals surface area contributed by atoms with E-state index < -0.39 is 0 Å². The van der Waals surface area contributed by atoms with Gasteiger partial charge in [0.05, 0.1) is 10.6 Å². The lowest BCUT2D eigenvalue weighted by Crippen LogP contribution is -2.11. The Hall–Kier alpha value is -2.60. The van der Waals surface area contributed by atoms with Crippen LogP contribution in [0.15, 0.2) is 24.3 Å². The fourth-order valence-corrected chi connectivity index (χ4v) is 4.24. The lowest BCUT2D eigenvalue weighted by molar-refractivity contribution is 0.101. The minimum absolute atomic E-state index is 0.0300. The zero-order valence-electron chi connectivity index (χ0n) is 14.9. The summed E-state index contributed by atoms with van der Waals surface area (Å²) in [4.78, 5) is 35.2. The zero-order valence-corrected chi connectivity index (χ0v) is 15.7. The molecule has 5 nitrogen and oxygen atoms in total. The van der Waals surface area contributed by atoms with Crippen LogP contribution in [0.4, 0.5) is 5.69 Å². The van der Waals surface area contributed by atoms with Crippen molar-refractivity contribution in [2.75, 3.05) is 5.32 Å². The number of aromatic nitrogens is 2. The van der Waals surface area contributed by atoms with Crippen LogP contribution < -0.4 is 5.32 Å². The van der Waals surface area contributed by atoms with Crippen LogP contribution in [-0.2, 0) is 0 Å². The molecule has 0 unspecified atom stereocenters. The normalized spacial score (nSPS) is 13.8. The summed E-state index contributed by atoms with van der Waals surface area (Å²) in [6, 6.07) is 6.98. The molecule has 1 aliphatic rings. The Morgan fingerprint density at radius 1 is 1.19 bits per heavy atom. The van der Waals surface area contributed by atoms with Gasteiger partial charge in [-0.05, 0) is 51.3 Å². The van der Waals surface area contributed by atoms with Crippen LogP contribution in [0.1, 0.15) is 62.8 Å². The predicted molar refractivity (Wildman–Crippen MR) is 103 cm³/mol. The molecule has 1 aliphatic carbocycles. The maximum Gasteiger partial charge on any atom is 0.266 e. The number of hydrogen-bond acceptors (Lipinski definition) is 5. The molecule has 0 aliphatic heterocycles. The number of carbonyl (C=O) groups excluding carboxylic acids is 2. The van der Waals surface area contributed by atoms with Gasteiger partial charge in [0.1, 0.15) is 10.7 Å². The summed E-state index contributed by atoms with van der Waals surface area (Å²) < 4.78 is 0. The molecule has 0 atom stereocenters. The standard InChI is InChI=1S/C20H19N3O2S/c1-10-16-11(2)21-18(13-7-8-13)23-20(16)26-17(10)19(25)22-15-6-4-5-14(9-15)12(3)24/h4-6,9,13H,7-8H2,1-3H3,(H,22,25). The molecule has 4 rings (SSSR count). The molecule has 0 bridgehead atoms. The molecule has 6 heteroatoms. The highest BCUT2D eigenvalue weighted by molar-refractivity contribution is 7.20. The van der Waals surface area contributed by atoms with E-state index >= 15 is 0 Å². The number of aryl methyl sites for hydroxylation is 2. The van der Waals surface area contributed by atoms with E-state index in [4.69, 9.17) is 0 Å². The molecule has 0 spiro atoms. The molecule has 1 aromatic carbocycles. The van der Waals surface area contributed by atoms with Crippen molar-refractivity contribution in [3.8, 4) is 0 Å². The molecule has 2 aromatic heterocycles. The van der Waals surface area contributed by atoms with Crippen molar-refractivity contribution >= 4 is 38.9 Å². The van der Waals surface area contributed by atoms with Gasteiger partial charge in [-0.15, -0.1) is 11.3 Å². The molecule has 1 fully saturated rings. The molecular weight excluding hydrogens is 346 g/mol. The van der Waals surface area contributed by atoms with Crippen LogP contribution in [0.3, 0.4) is 0 Å². The number of nitrogens with zero attached hydrogens (tertiary/aromatic N) is 2. The number of hydrogen-bond donors (Lipinski definition) is 1. The van der Waals surface area contributed by atoms with Gasteiger partial charge in [-0.2, -0.15) is 0 Å². The van der Waals surface area contributed by atoms with Crippen molar-refractivity contribution < 1.29 is 9.59 Å². The lowest BCUT2D eigenvalue weighted by atomic mass is 10.1.